The summed E-state index contributed by atoms with van der Waals surface area (Å²) in [6.45, 7) is -1.28. The van der Waals surface area contributed by atoms with Crippen LogP contribution in [0.2, 0.25) is 0 Å². The molecule has 0 aliphatic heterocycles. The van der Waals surface area contributed by atoms with Gasteiger partial charge in [0.25, 0.3) is 5.69 Å². The number of aromatic hydroxyl groups is 1. The van der Waals surface area contributed by atoms with Crippen LogP contribution in [0.25, 0.3) is 0 Å². The summed E-state index contributed by atoms with van der Waals surface area (Å²) in [6, 6.07) is 10.8. The number of non-ortho nitro benzene ring substituents is 1. The van der Waals surface area contributed by atoms with E-state index in [1.807, 2.05) is 0 Å². The van der Waals surface area contributed by atoms with Crippen LogP contribution >= 0.6 is 0 Å². The topological polar surface area (TPSA) is 98.6 Å². The number of nitro benzene ring substituents is 1. The molecule has 0 saturated carbocycles. The molecule has 2 aromatic carbocycles. The fraction of sp³-hybridized carbons (Fsp3) is 0.143. The van der Waals surface area contributed by atoms with Crippen LogP contribution in [0.3, 0.4) is 0 Å². The van der Waals surface area contributed by atoms with E-state index >= 15 is 0 Å². The molecule has 0 atom stereocenters. The number of phenolic OH excluding ortho intramolecular Hbond substituents is 1. The molecule has 9 heteroatoms. The molecule has 0 fully saturated rings. The number of phenols is 1. The first-order valence-electron chi connectivity index (χ1n) is 6.16. The van der Waals surface area contributed by atoms with E-state index in [0.29, 0.717) is 5.69 Å². The molecule has 0 amide bonds. The van der Waals surface area contributed by atoms with E-state index in [0.717, 1.165) is 0 Å². The summed E-state index contributed by atoms with van der Waals surface area (Å²) in [6.07, 6.45) is -4.30. The van der Waals surface area contributed by atoms with Crippen LogP contribution in [0.4, 0.5) is 24.5 Å². The van der Waals surface area contributed by atoms with Crippen LogP contribution in [0.15, 0.2) is 48.5 Å². The average molecular weight is 330 g/mol. The summed E-state index contributed by atoms with van der Waals surface area (Å²) in [4.78, 5) is 9.52. The molecule has 0 aromatic heterocycles. The monoisotopic (exact) mass is 330 g/mol. The Morgan fingerprint density at radius 1 is 1.09 bits per heavy atom. The molecule has 23 heavy (non-hydrogen) atoms. The Hall–Kier alpha value is -2.97. The van der Waals surface area contributed by atoms with Crippen LogP contribution in [-0.2, 0) is 0 Å². The molecule has 0 heterocycles. The number of alkyl halides is 3. The number of nitro groups is 1. The van der Waals surface area contributed by atoms with E-state index in [9.17, 15) is 23.3 Å². The maximum absolute atomic E-state index is 11.7. The maximum Gasteiger partial charge on any atom is 0.422 e. The van der Waals surface area contributed by atoms with E-state index in [4.69, 9.17) is 10.8 Å². The SMILES string of the molecule is Nc1ccc(OCC(F)(F)F)cc1.O=[N+]([O-])c1ccc(O)cc1. The lowest BCUT2D eigenvalue weighted by Crippen LogP contribution is -2.19. The summed E-state index contributed by atoms with van der Waals surface area (Å²) < 4.78 is 39.5. The average Bonchev–Trinajstić information content (AvgIpc) is 2.47. The van der Waals surface area contributed by atoms with E-state index < -0.39 is 17.7 Å². The van der Waals surface area contributed by atoms with Crippen molar-refractivity contribution >= 4 is 11.4 Å². The van der Waals surface area contributed by atoms with Crippen LogP contribution in [0.1, 0.15) is 0 Å². The summed E-state index contributed by atoms with van der Waals surface area (Å²) in [7, 11) is 0. The standard InChI is InChI=1S/C8H8F3NO.C6H5NO3/c9-8(10,11)5-13-7-3-1-6(12)2-4-7;8-6-3-1-5(2-4-6)7(9)10/h1-4H,5,12H2;1-4,8H. The Bertz CT molecular complexity index is 628. The number of nitrogens with two attached hydrogens (primary N) is 1. The smallest absolute Gasteiger partial charge is 0.422 e. The second-order valence-corrected chi connectivity index (χ2v) is 4.25. The molecular weight excluding hydrogens is 317 g/mol. The van der Waals surface area contributed by atoms with Gasteiger partial charge in [0.1, 0.15) is 11.5 Å². The van der Waals surface area contributed by atoms with Crippen molar-refractivity contribution in [2.75, 3.05) is 12.3 Å². The Kier molecular flexibility index (Phi) is 6.19. The molecular formula is C14H13F3N2O4. The van der Waals surface area contributed by atoms with Gasteiger partial charge in [-0.1, -0.05) is 0 Å². The second-order valence-electron chi connectivity index (χ2n) is 4.25. The number of halogens is 3. The molecule has 0 bridgehead atoms. The van der Waals surface area contributed by atoms with Crippen molar-refractivity contribution < 1.29 is 27.9 Å². The van der Waals surface area contributed by atoms with Gasteiger partial charge in [-0.2, -0.15) is 13.2 Å². The lowest BCUT2D eigenvalue weighted by atomic mass is 10.3. The molecule has 6 nitrogen and oxygen atoms in total. The number of rotatable bonds is 3. The molecule has 124 valence electrons. The highest BCUT2D eigenvalue weighted by Gasteiger charge is 2.28. The largest absolute Gasteiger partial charge is 0.508 e. The van der Waals surface area contributed by atoms with Crippen LogP contribution < -0.4 is 10.5 Å². The highest BCUT2D eigenvalue weighted by atomic mass is 19.4. The molecule has 2 aromatic rings. The summed E-state index contributed by atoms with van der Waals surface area (Å²) >= 11 is 0. The van der Waals surface area contributed by atoms with Gasteiger partial charge in [-0.05, 0) is 36.4 Å². The first-order chi connectivity index (χ1) is 10.7. The predicted octanol–water partition coefficient (Wildman–Crippen LogP) is 3.51. The molecule has 3 N–H and O–H groups in total. The van der Waals surface area contributed by atoms with Crippen molar-refractivity contribution in [1.82, 2.24) is 0 Å². The van der Waals surface area contributed by atoms with Gasteiger partial charge in [0, 0.05) is 17.8 Å². The fourth-order valence-electron chi connectivity index (χ4n) is 1.30. The first-order valence-corrected chi connectivity index (χ1v) is 6.16. The molecule has 0 unspecified atom stereocenters. The normalized spacial score (nSPS) is 10.4. The summed E-state index contributed by atoms with van der Waals surface area (Å²) in [5.41, 5.74) is 5.80. The first kappa shape index (κ1) is 18.1. The number of benzene rings is 2. The fourth-order valence-corrected chi connectivity index (χ4v) is 1.30. The highest BCUT2D eigenvalue weighted by Crippen LogP contribution is 2.19. The van der Waals surface area contributed by atoms with Crippen molar-refractivity contribution in [2.24, 2.45) is 0 Å². The van der Waals surface area contributed by atoms with E-state index in [2.05, 4.69) is 4.74 Å². The zero-order chi connectivity index (χ0) is 17.5. The van der Waals surface area contributed by atoms with E-state index in [1.54, 1.807) is 0 Å². The van der Waals surface area contributed by atoms with Crippen molar-refractivity contribution in [3.63, 3.8) is 0 Å². The Balaban J connectivity index is 0.000000238. The molecule has 0 spiro atoms. The van der Waals surface area contributed by atoms with Gasteiger partial charge in [0.05, 0.1) is 4.92 Å². The number of nitrogen functional groups attached to an aromatic ring is 1. The third-order valence-corrected chi connectivity index (χ3v) is 2.34. The minimum absolute atomic E-state index is 0.0159. The van der Waals surface area contributed by atoms with Gasteiger partial charge < -0.3 is 15.6 Å². The number of hydrogen-bond acceptors (Lipinski definition) is 5. The zero-order valence-corrected chi connectivity index (χ0v) is 11.7. The number of nitrogens with zero attached hydrogens (tertiary/aromatic N) is 1. The minimum Gasteiger partial charge on any atom is -0.508 e. The van der Waals surface area contributed by atoms with Crippen LogP contribution in [-0.4, -0.2) is 22.8 Å². The van der Waals surface area contributed by atoms with Crippen molar-refractivity contribution in [1.29, 1.82) is 0 Å². The Morgan fingerprint density at radius 3 is 2.04 bits per heavy atom. The molecule has 2 rings (SSSR count). The third kappa shape index (κ3) is 7.55. The minimum atomic E-state index is -4.30. The molecule has 0 radical (unpaired) electrons. The van der Waals surface area contributed by atoms with Gasteiger partial charge in [-0.25, -0.2) is 0 Å². The molecule has 0 aliphatic rings. The van der Waals surface area contributed by atoms with Crippen molar-refractivity contribution in [2.45, 2.75) is 6.18 Å². The van der Waals surface area contributed by atoms with Gasteiger partial charge in [0.15, 0.2) is 6.61 Å². The zero-order valence-electron chi connectivity index (χ0n) is 11.7. The van der Waals surface area contributed by atoms with Crippen LogP contribution in [0, 0.1) is 10.1 Å². The van der Waals surface area contributed by atoms with Gasteiger partial charge >= 0.3 is 6.18 Å². The third-order valence-electron chi connectivity index (χ3n) is 2.34. The molecule has 0 aliphatic carbocycles. The molecule has 0 saturated heterocycles. The number of hydrogen-bond donors (Lipinski definition) is 2. The van der Waals surface area contributed by atoms with Crippen LogP contribution in [0.5, 0.6) is 11.5 Å². The lowest BCUT2D eigenvalue weighted by Gasteiger charge is -2.08. The van der Waals surface area contributed by atoms with E-state index in [-0.39, 0.29) is 17.2 Å². The van der Waals surface area contributed by atoms with Gasteiger partial charge in [-0.15, -0.1) is 0 Å². The lowest BCUT2D eigenvalue weighted by molar-refractivity contribution is -0.384. The predicted molar refractivity (Wildman–Crippen MR) is 77.2 cm³/mol. The maximum atomic E-state index is 11.7. The quantitative estimate of drug-likeness (QED) is 0.510. The summed E-state index contributed by atoms with van der Waals surface area (Å²) in [5, 5.41) is 18.8. The second kappa shape index (κ2) is 7.87. The van der Waals surface area contributed by atoms with Gasteiger partial charge in [0.2, 0.25) is 0 Å². The number of ether oxygens (including phenoxy) is 1. The van der Waals surface area contributed by atoms with Gasteiger partial charge in [-0.3, -0.25) is 10.1 Å². The van der Waals surface area contributed by atoms with E-state index in [1.165, 1.54) is 48.5 Å². The number of anilines is 1. The summed E-state index contributed by atoms with van der Waals surface area (Å²) in [5.74, 6) is 0.192. The Morgan fingerprint density at radius 2 is 1.61 bits per heavy atom. The van der Waals surface area contributed by atoms with Crippen molar-refractivity contribution in [3.8, 4) is 11.5 Å². The highest BCUT2D eigenvalue weighted by molar-refractivity contribution is 5.41. The Labute approximate surface area is 129 Å². The van der Waals surface area contributed by atoms with Crippen molar-refractivity contribution in [3.05, 3.63) is 58.6 Å².